The summed E-state index contributed by atoms with van der Waals surface area (Å²) in [6, 6.07) is 15.5. The van der Waals surface area contributed by atoms with Gasteiger partial charge in [-0.05, 0) is 47.9 Å². The van der Waals surface area contributed by atoms with Crippen LogP contribution in [0.5, 0.6) is 5.75 Å². The molecule has 2 atom stereocenters. The highest BCUT2D eigenvalue weighted by Gasteiger charge is 2.45. The summed E-state index contributed by atoms with van der Waals surface area (Å²) >= 11 is 0. The number of hydrogen-bond donors (Lipinski definition) is 2. The van der Waals surface area contributed by atoms with E-state index in [1.165, 1.54) is 12.1 Å². The predicted octanol–water partition coefficient (Wildman–Crippen LogP) is 5.54. The van der Waals surface area contributed by atoms with Gasteiger partial charge in [-0.15, -0.1) is 0 Å². The van der Waals surface area contributed by atoms with Gasteiger partial charge in [0.2, 0.25) is 5.91 Å². The fourth-order valence-corrected chi connectivity index (χ4v) is 3.85. The fourth-order valence-electron chi connectivity index (χ4n) is 3.85. The minimum absolute atomic E-state index is 0.0295. The highest BCUT2D eigenvalue weighted by atomic mass is 19.3. The van der Waals surface area contributed by atoms with Gasteiger partial charge in [-0.1, -0.05) is 42.5 Å². The lowest BCUT2D eigenvalue weighted by molar-refractivity contribution is -0.253. The Morgan fingerprint density at radius 2 is 1.58 bits per heavy atom. The third-order valence-electron chi connectivity index (χ3n) is 5.38. The molecule has 1 amide bonds. The van der Waals surface area contributed by atoms with Gasteiger partial charge in [-0.2, -0.15) is 17.6 Å². The Morgan fingerprint density at radius 3 is 2.17 bits per heavy atom. The van der Waals surface area contributed by atoms with Gasteiger partial charge in [0.05, 0.1) is 5.54 Å². The molecule has 0 saturated carbocycles. The van der Waals surface area contributed by atoms with Crippen LogP contribution in [0.1, 0.15) is 30.0 Å². The fraction of sp³-hybridized carbons (Fsp3) is 0.269. The van der Waals surface area contributed by atoms with Crippen molar-refractivity contribution < 1.29 is 35.9 Å². The van der Waals surface area contributed by atoms with Crippen LogP contribution in [-0.4, -0.2) is 24.5 Å². The first-order valence-corrected chi connectivity index (χ1v) is 10.9. The Balaban J connectivity index is 2.25. The van der Waals surface area contributed by atoms with Crippen molar-refractivity contribution in [1.29, 1.82) is 0 Å². The molecule has 36 heavy (non-hydrogen) atoms. The Kier molecular flexibility index (Phi) is 8.29. The molecule has 3 N–H and O–H groups in total. The monoisotopic (exact) mass is 510 g/mol. The second-order valence-electron chi connectivity index (χ2n) is 8.44. The number of alkyl halides is 4. The smallest absolute Gasteiger partial charge is 0.428 e. The number of ether oxygens (including phenoxy) is 1. The zero-order chi connectivity index (χ0) is 26.5. The number of hydrogen-bond acceptors (Lipinski definition) is 3. The number of halogens is 6. The largest absolute Gasteiger partial charge is 0.461 e. The molecular formula is C26H24F6N2O2. The van der Waals surface area contributed by atoms with Gasteiger partial charge in [0, 0.05) is 24.9 Å². The van der Waals surface area contributed by atoms with E-state index in [1.54, 1.807) is 37.3 Å². The first kappa shape index (κ1) is 27.1. The third kappa shape index (κ3) is 6.57. The molecule has 0 spiro atoms. The van der Waals surface area contributed by atoms with E-state index in [4.69, 9.17) is 5.73 Å². The van der Waals surface area contributed by atoms with E-state index in [2.05, 4.69) is 10.1 Å². The highest BCUT2D eigenvalue weighted by molar-refractivity contribution is 5.78. The van der Waals surface area contributed by atoms with Crippen molar-refractivity contribution in [2.24, 2.45) is 5.73 Å². The Labute approximate surface area is 204 Å². The van der Waals surface area contributed by atoms with Gasteiger partial charge in [-0.3, -0.25) is 4.79 Å². The highest BCUT2D eigenvalue weighted by Crippen LogP contribution is 2.38. The molecule has 4 nitrogen and oxygen atoms in total. The molecule has 0 aromatic heterocycles. The molecule has 1 unspecified atom stereocenters. The number of carbonyl (C=O) groups is 1. The molecule has 0 aliphatic rings. The summed E-state index contributed by atoms with van der Waals surface area (Å²) in [6.45, 7) is 1.59. The van der Waals surface area contributed by atoms with Crippen molar-refractivity contribution >= 4 is 5.91 Å². The van der Waals surface area contributed by atoms with Crippen LogP contribution >= 0.6 is 0 Å². The van der Waals surface area contributed by atoms with Gasteiger partial charge in [0.15, 0.2) is 0 Å². The molecule has 0 fully saturated rings. The Morgan fingerprint density at radius 1 is 0.944 bits per heavy atom. The first-order chi connectivity index (χ1) is 16.9. The molecule has 3 aromatic carbocycles. The summed E-state index contributed by atoms with van der Waals surface area (Å²) in [5.74, 6) is -3.10. The van der Waals surface area contributed by atoms with E-state index in [0.29, 0.717) is 11.6 Å². The van der Waals surface area contributed by atoms with Crippen LogP contribution < -0.4 is 15.8 Å². The van der Waals surface area contributed by atoms with E-state index in [9.17, 15) is 31.1 Å². The van der Waals surface area contributed by atoms with Crippen LogP contribution in [0, 0.1) is 11.6 Å². The van der Waals surface area contributed by atoms with Crippen molar-refractivity contribution in [3.63, 3.8) is 0 Å². The number of rotatable bonds is 10. The Hall–Kier alpha value is -3.53. The Bertz CT molecular complexity index is 1170. The lowest BCUT2D eigenvalue weighted by Gasteiger charge is -2.37. The van der Waals surface area contributed by atoms with Crippen molar-refractivity contribution in [1.82, 2.24) is 5.32 Å². The molecule has 3 rings (SSSR count). The van der Waals surface area contributed by atoms with E-state index >= 15 is 0 Å². The minimum Gasteiger partial charge on any atom is -0.428 e. The average molecular weight is 510 g/mol. The minimum atomic E-state index is -4.89. The molecule has 0 heterocycles. The summed E-state index contributed by atoms with van der Waals surface area (Å²) in [6.07, 6.45) is -9.22. The SMILES string of the molecule is CC(N)CC(=O)N[C@](Cc1ccccc1)(c1ccc(F)cc1)c1cc(F)cc(OC(F)(F)C(F)F)c1. The second kappa shape index (κ2) is 11.0. The zero-order valence-corrected chi connectivity index (χ0v) is 19.2. The topological polar surface area (TPSA) is 64.4 Å². The number of nitrogens with one attached hydrogen (secondary N) is 1. The van der Waals surface area contributed by atoms with Crippen LogP contribution in [0.2, 0.25) is 0 Å². The third-order valence-corrected chi connectivity index (χ3v) is 5.38. The van der Waals surface area contributed by atoms with Crippen LogP contribution in [0.25, 0.3) is 0 Å². The predicted molar refractivity (Wildman–Crippen MR) is 122 cm³/mol. The molecule has 0 saturated heterocycles. The maximum Gasteiger partial charge on any atom is 0.461 e. The van der Waals surface area contributed by atoms with Gasteiger partial charge in [-0.25, -0.2) is 8.78 Å². The average Bonchev–Trinajstić information content (AvgIpc) is 2.78. The van der Waals surface area contributed by atoms with E-state index in [0.717, 1.165) is 24.3 Å². The maximum absolute atomic E-state index is 14.7. The molecule has 3 aromatic rings. The standard InChI is InChI=1S/C26H24F6N2O2/c1-16(33)11-23(35)34-25(15-17-5-3-2-4-6-17,18-7-9-20(27)10-8-18)19-12-21(28)14-22(13-19)36-26(31,32)24(29)30/h2-10,12-14,16,24H,11,15,33H2,1H3,(H,34,35)/t16?,25-/m1/s1. The number of carbonyl (C=O) groups excluding carboxylic acids is 1. The van der Waals surface area contributed by atoms with Gasteiger partial charge < -0.3 is 15.8 Å². The quantitative estimate of drug-likeness (QED) is 0.352. The first-order valence-electron chi connectivity index (χ1n) is 10.9. The second-order valence-corrected chi connectivity index (χ2v) is 8.44. The zero-order valence-electron chi connectivity index (χ0n) is 19.2. The summed E-state index contributed by atoms with van der Waals surface area (Å²) in [5.41, 5.74) is 4.97. The number of benzene rings is 3. The van der Waals surface area contributed by atoms with Gasteiger partial charge >= 0.3 is 12.5 Å². The van der Waals surface area contributed by atoms with Crippen LogP contribution in [0.4, 0.5) is 26.3 Å². The summed E-state index contributed by atoms with van der Waals surface area (Å²) in [4.78, 5) is 13.0. The summed E-state index contributed by atoms with van der Waals surface area (Å²) in [7, 11) is 0. The molecule has 10 heteroatoms. The van der Waals surface area contributed by atoms with Crippen molar-refractivity contribution in [3.8, 4) is 5.75 Å². The number of amides is 1. The summed E-state index contributed by atoms with van der Waals surface area (Å²) < 4.78 is 85.4. The van der Waals surface area contributed by atoms with Crippen LogP contribution in [0.15, 0.2) is 72.8 Å². The lowest BCUT2D eigenvalue weighted by Crippen LogP contribution is -2.49. The van der Waals surface area contributed by atoms with Crippen molar-refractivity contribution in [2.45, 2.75) is 43.9 Å². The van der Waals surface area contributed by atoms with Crippen LogP contribution in [-0.2, 0) is 16.8 Å². The molecule has 192 valence electrons. The van der Waals surface area contributed by atoms with E-state index in [-0.39, 0.29) is 24.0 Å². The van der Waals surface area contributed by atoms with Gasteiger partial charge in [0.1, 0.15) is 17.4 Å². The number of nitrogens with two attached hydrogens (primary N) is 1. The molecular weight excluding hydrogens is 486 g/mol. The lowest BCUT2D eigenvalue weighted by atomic mass is 9.77. The normalized spacial score (nSPS) is 14.2. The molecule has 0 radical (unpaired) electrons. The van der Waals surface area contributed by atoms with E-state index in [1.807, 2.05) is 0 Å². The maximum atomic E-state index is 14.7. The van der Waals surface area contributed by atoms with Crippen LogP contribution in [0.3, 0.4) is 0 Å². The van der Waals surface area contributed by atoms with Crippen molar-refractivity contribution in [2.75, 3.05) is 0 Å². The van der Waals surface area contributed by atoms with E-state index < -0.39 is 47.4 Å². The molecule has 0 aliphatic carbocycles. The summed E-state index contributed by atoms with van der Waals surface area (Å²) in [5, 5.41) is 2.80. The molecule has 0 aliphatic heterocycles. The van der Waals surface area contributed by atoms with Crippen molar-refractivity contribution in [3.05, 3.63) is 101 Å². The molecule has 0 bridgehead atoms. The van der Waals surface area contributed by atoms with Gasteiger partial charge in [0.25, 0.3) is 0 Å².